The molecule has 3 heterocycles. The van der Waals surface area contributed by atoms with E-state index < -0.39 is 21.8 Å². The number of halogens is 2. The van der Waals surface area contributed by atoms with E-state index in [0.717, 1.165) is 10.5 Å². The van der Waals surface area contributed by atoms with Crippen molar-refractivity contribution in [3.8, 4) is 11.1 Å². The lowest BCUT2D eigenvalue weighted by Gasteiger charge is -2.15. The van der Waals surface area contributed by atoms with Gasteiger partial charge in [0, 0.05) is 30.6 Å². The summed E-state index contributed by atoms with van der Waals surface area (Å²) in [5, 5.41) is 4.01. The molecule has 0 bridgehead atoms. The van der Waals surface area contributed by atoms with Crippen molar-refractivity contribution in [1.82, 2.24) is 18.8 Å². The zero-order valence-corrected chi connectivity index (χ0v) is 17.4. The Bertz CT molecular complexity index is 1420. The van der Waals surface area contributed by atoms with Crippen molar-refractivity contribution in [3.63, 3.8) is 0 Å². The highest BCUT2D eigenvalue weighted by Gasteiger charge is 2.22. The predicted octanol–water partition coefficient (Wildman–Crippen LogP) is 3.64. The number of aromatic nitrogens is 3. The van der Waals surface area contributed by atoms with Gasteiger partial charge in [-0.1, -0.05) is 6.07 Å². The number of benzene rings is 1. The first-order valence-corrected chi connectivity index (χ1v) is 10.6. The van der Waals surface area contributed by atoms with E-state index in [0.29, 0.717) is 28.0 Å². The molecule has 1 aromatic carbocycles. The molecule has 0 radical (unpaired) electrons. The average molecular weight is 441 g/mol. The summed E-state index contributed by atoms with van der Waals surface area (Å²) in [4.78, 5) is 7.73. The second kappa shape index (κ2) is 7.88. The molecule has 0 amide bonds. The molecule has 3 aromatic heterocycles. The van der Waals surface area contributed by atoms with Crippen LogP contribution in [0.4, 0.5) is 8.78 Å². The van der Waals surface area contributed by atoms with Crippen LogP contribution in [-0.4, -0.2) is 40.5 Å². The molecule has 0 aliphatic carbocycles. The number of rotatable bonds is 5. The van der Waals surface area contributed by atoms with Gasteiger partial charge in [0.1, 0.15) is 11.5 Å². The second-order valence-corrected chi connectivity index (χ2v) is 8.68. The van der Waals surface area contributed by atoms with Gasteiger partial charge in [0.05, 0.1) is 23.0 Å². The molecular formula is C21H17F2N5O2S. The van der Waals surface area contributed by atoms with Crippen molar-refractivity contribution < 1.29 is 17.2 Å². The summed E-state index contributed by atoms with van der Waals surface area (Å²) in [5.41, 5.74) is 2.34. The number of sulfonamides is 1. The maximum Gasteiger partial charge on any atom is 0.279 e. The first-order chi connectivity index (χ1) is 14.8. The Morgan fingerprint density at radius 1 is 1.13 bits per heavy atom. The minimum Gasteiger partial charge on any atom is -0.298 e. The smallest absolute Gasteiger partial charge is 0.279 e. The van der Waals surface area contributed by atoms with E-state index in [2.05, 4.69) is 15.1 Å². The summed E-state index contributed by atoms with van der Waals surface area (Å²) >= 11 is 0. The van der Waals surface area contributed by atoms with Crippen molar-refractivity contribution >= 4 is 21.9 Å². The molecule has 0 spiro atoms. The second-order valence-electron chi connectivity index (χ2n) is 6.76. The maximum absolute atomic E-state index is 14.0. The van der Waals surface area contributed by atoms with Crippen molar-refractivity contribution in [2.75, 3.05) is 7.05 Å². The third kappa shape index (κ3) is 3.89. The van der Waals surface area contributed by atoms with Crippen molar-refractivity contribution in [2.24, 2.45) is 5.10 Å². The topological polar surface area (TPSA) is 79.9 Å². The van der Waals surface area contributed by atoms with E-state index in [1.54, 1.807) is 41.8 Å². The van der Waals surface area contributed by atoms with Crippen LogP contribution in [0.15, 0.2) is 71.1 Å². The molecule has 0 unspecified atom stereocenters. The first-order valence-electron chi connectivity index (χ1n) is 9.14. The number of pyridine rings is 2. The molecule has 158 valence electrons. The van der Waals surface area contributed by atoms with Crippen LogP contribution < -0.4 is 0 Å². The van der Waals surface area contributed by atoms with Gasteiger partial charge in [-0.05, 0) is 48.9 Å². The first kappa shape index (κ1) is 20.6. The molecular weight excluding hydrogens is 424 g/mol. The van der Waals surface area contributed by atoms with Gasteiger partial charge in [-0.3, -0.25) is 4.40 Å². The van der Waals surface area contributed by atoms with E-state index in [-0.39, 0.29) is 4.90 Å². The summed E-state index contributed by atoms with van der Waals surface area (Å²) in [7, 11) is -2.79. The van der Waals surface area contributed by atoms with E-state index in [1.807, 2.05) is 0 Å². The number of aryl methyl sites for hydroxylation is 1. The van der Waals surface area contributed by atoms with Crippen LogP contribution in [0.25, 0.3) is 16.8 Å². The molecule has 0 atom stereocenters. The highest BCUT2D eigenvalue weighted by Crippen LogP contribution is 2.23. The van der Waals surface area contributed by atoms with Crippen molar-refractivity contribution in [3.05, 3.63) is 84.1 Å². The lowest BCUT2D eigenvalue weighted by Crippen LogP contribution is -2.23. The molecule has 31 heavy (non-hydrogen) atoms. The van der Waals surface area contributed by atoms with Crippen LogP contribution in [-0.2, 0) is 10.0 Å². The Morgan fingerprint density at radius 2 is 1.94 bits per heavy atom. The van der Waals surface area contributed by atoms with Gasteiger partial charge in [0.15, 0.2) is 0 Å². The lowest BCUT2D eigenvalue weighted by molar-refractivity contribution is 0.489. The van der Waals surface area contributed by atoms with Gasteiger partial charge < -0.3 is 0 Å². The molecule has 0 N–H and O–H groups in total. The molecule has 7 nitrogen and oxygen atoms in total. The fourth-order valence-corrected chi connectivity index (χ4v) is 4.24. The molecule has 4 rings (SSSR count). The fourth-order valence-electron chi connectivity index (χ4n) is 3.05. The van der Waals surface area contributed by atoms with Gasteiger partial charge in [-0.25, -0.2) is 14.4 Å². The van der Waals surface area contributed by atoms with Gasteiger partial charge in [-0.2, -0.15) is 22.3 Å². The number of fused-ring (bicyclic) bond motifs is 1. The van der Waals surface area contributed by atoms with E-state index in [4.69, 9.17) is 0 Å². The standard InChI is InChI=1S/C21H17F2N5O2S/c1-14-5-7-16(22)10-19(14)31(29,30)27(2)26-12-17-11-25-20-8-6-15(13-28(17)20)18-4-3-9-24-21(18)23/h3-13H,1-2H3. The average Bonchev–Trinajstić information content (AvgIpc) is 3.16. The molecule has 0 saturated carbocycles. The predicted molar refractivity (Wildman–Crippen MR) is 112 cm³/mol. The van der Waals surface area contributed by atoms with Crippen LogP contribution in [0.5, 0.6) is 0 Å². The fraction of sp³-hybridized carbons (Fsp3) is 0.0952. The summed E-state index contributed by atoms with van der Waals surface area (Å²) in [6, 6.07) is 10.2. The Morgan fingerprint density at radius 3 is 2.71 bits per heavy atom. The van der Waals surface area contributed by atoms with Crippen LogP contribution >= 0.6 is 0 Å². The molecule has 10 heteroatoms. The van der Waals surface area contributed by atoms with Crippen LogP contribution in [0.2, 0.25) is 0 Å². The quantitative estimate of drug-likeness (QED) is 0.269. The number of hydrogen-bond donors (Lipinski definition) is 0. The SMILES string of the molecule is Cc1ccc(F)cc1S(=O)(=O)N(C)N=Cc1cnc2ccc(-c3cccnc3F)cn12. The third-order valence-corrected chi connectivity index (χ3v) is 6.52. The van der Waals surface area contributed by atoms with Gasteiger partial charge >= 0.3 is 0 Å². The van der Waals surface area contributed by atoms with Crippen LogP contribution in [0.3, 0.4) is 0 Å². The summed E-state index contributed by atoms with van der Waals surface area (Å²) in [6.07, 6.45) is 5.85. The van der Waals surface area contributed by atoms with E-state index in [1.165, 1.54) is 37.8 Å². The van der Waals surface area contributed by atoms with E-state index >= 15 is 0 Å². The largest absolute Gasteiger partial charge is 0.298 e. The minimum absolute atomic E-state index is 0.167. The molecule has 0 fully saturated rings. The summed E-state index contributed by atoms with van der Waals surface area (Å²) in [5.74, 6) is -1.26. The zero-order chi connectivity index (χ0) is 22.2. The maximum atomic E-state index is 14.0. The minimum atomic E-state index is -4.05. The molecule has 4 aromatic rings. The normalized spacial score (nSPS) is 12.0. The summed E-state index contributed by atoms with van der Waals surface area (Å²) < 4.78 is 55.6. The molecule has 0 saturated heterocycles. The van der Waals surface area contributed by atoms with Crippen LogP contribution in [0.1, 0.15) is 11.3 Å². The van der Waals surface area contributed by atoms with Crippen LogP contribution in [0, 0.1) is 18.7 Å². The third-order valence-electron chi connectivity index (χ3n) is 4.73. The van der Waals surface area contributed by atoms with Crippen molar-refractivity contribution in [2.45, 2.75) is 11.8 Å². The number of hydrazone groups is 1. The number of nitrogens with zero attached hydrogens (tertiary/aromatic N) is 5. The lowest BCUT2D eigenvalue weighted by atomic mass is 10.1. The number of hydrogen-bond acceptors (Lipinski definition) is 5. The highest BCUT2D eigenvalue weighted by atomic mass is 32.2. The Hall–Kier alpha value is -3.66. The van der Waals surface area contributed by atoms with Gasteiger partial charge in [0.2, 0.25) is 5.95 Å². The Kier molecular flexibility index (Phi) is 5.24. The molecule has 0 aliphatic rings. The van der Waals surface area contributed by atoms with Crippen molar-refractivity contribution in [1.29, 1.82) is 0 Å². The summed E-state index contributed by atoms with van der Waals surface area (Å²) in [6.45, 7) is 1.58. The highest BCUT2D eigenvalue weighted by molar-refractivity contribution is 7.89. The van der Waals surface area contributed by atoms with Gasteiger partial charge in [-0.15, -0.1) is 0 Å². The Labute approximate surface area is 177 Å². The zero-order valence-electron chi connectivity index (χ0n) is 16.6. The monoisotopic (exact) mass is 441 g/mol. The van der Waals surface area contributed by atoms with E-state index in [9.17, 15) is 17.2 Å². The Balaban J connectivity index is 1.69. The van der Waals surface area contributed by atoms with Gasteiger partial charge in [0.25, 0.3) is 10.0 Å². The molecule has 0 aliphatic heterocycles. The number of imidazole rings is 1.